The smallest absolute Gasteiger partial charge is 0.341 e. The molecule has 1 saturated heterocycles. The minimum absolute atomic E-state index is 0.349. The molecule has 1 aromatic rings. The molecule has 1 aliphatic heterocycles. The summed E-state index contributed by atoms with van der Waals surface area (Å²) < 4.78 is 4.98. The van der Waals surface area contributed by atoms with Crippen LogP contribution in [0.5, 0.6) is 0 Å². The Morgan fingerprint density at radius 1 is 1.58 bits per heavy atom. The van der Waals surface area contributed by atoms with Gasteiger partial charge in [0.25, 0.3) is 0 Å². The molecular weight excluding hydrogens is 242 g/mol. The van der Waals surface area contributed by atoms with Crippen molar-refractivity contribution in [3.8, 4) is 0 Å². The van der Waals surface area contributed by atoms with Gasteiger partial charge in [0.05, 0.1) is 17.9 Å². The number of ether oxygens (including phenoxy) is 1. The van der Waals surface area contributed by atoms with E-state index in [2.05, 4.69) is 21.8 Å². The van der Waals surface area contributed by atoms with Crippen LogP contribution in [-0.4, -0.2) is 35.6 Å². The number of aromatic nitrogens is 2. The van der Waals surface area contributed by atoms with E-state index in [0.29, 0.717) is 23.8 Å². The van der Waals surface area contributed by atoms with E-state index in [1.54, 1.807) is 13.1 Å². The molecule has 1 atom stereocenters. The van der Waals surface area contributed by atoms with Gasteiger partial charge in [-0.05, 0) is 32.6 Å². The van der Waals surface area contributed by atoms with Crippen molar-refractivity contribution in [2.45, 2.75) is 33.6 Å². The van der Waals surface area contributed by atoms with E-state index in [9.17, 15) is 4.79 Å². The molecule has 0 amide bonds. The van der Waals surface area contributed by atoms with Gasteiger partial charge in [0.2, 0.25) is 5.95 Å². The van der Waals surface area contributed by atoms with E-state index in [4.69, 9.17) is 4.74 Å². The van der Waals surface area contributed by atoms with Crippen LogP contribution in [0.25, 0.3) is 0 Å². The topological polar surface area (TPSA) is 55.3 Å². The van der Waals surface area contributed by atoms with Gasteiger partial charge >= 0.3 is 5.97 Å². The molecule has 1 aliphatic rings. The van der Waals surface area contributed by atoms with Gasteiger partial charge in [-0.2, -0.15) is 0 Å². The van der Waals surface area contributed by atoms with E-state index < -0.39 is 0 Å². The molecule has 5 nitrogen and oxygen atoms in total. The largest absolute Gasteiger partial charge is 0.462 e. The van der Waals surface area contributed by atoms with E-state index >= 15 is 0 Å². The molecule has 0 unspecified atom stereocenters. The van der Waals surface area contributed by atoms with Crippen LogP contribution in [-0.2, 0) is 4.74 Å². The third-order valence-corrected chi connectivity index (χ3v) is 3.40. The lowest BCUT2D eigenvalue weighted by Crippen LogP contribution is -2.35. The zero-order valence-electron chi connectivity index (χ0n) is 11.8. The monoisotopic (exact) mass is 263 g/mol. The van der Waals surface area contributed by atoms with Gasteiger partial charge in [0.1, 0.15) is 0 Å². The second kappa shape index (κ2) is 5.99. The first-order chi connectivity index (χ1) is 9.11. The number of nitrogens with zero attached hydrogens (tertiary/aromatic N) is 3. The highest BCUT2D eigenvalue weighted by Crippen LogP contribution is 2.20. The first kappa shape index (κ1) is 13.8. The molecule has 0 aliphatic carbocycles. The van der Waals surface area contributed by atoms with E-state index in [1.165, 1.54) is 12.8 Å². The molecule has 0 aromatic carbocycles. The second-order valence-corrected chi connectivity index (χ2v) is 5.08. The van der Waals surface area contributed by atoms with Crippen molar-refractivity contribution in [2.24, 2.45) is 5.92 Å². The summed E-state index contributed by atoms with van der Waals surface area (Å²) in [5.74, 6) is 1.04. The molecule has 0 radical (unpaired) electrons. The summed E-state index contributed by atoms with van der Waals surface area (Å²) >= 11 is 0. The van der Waals surface area contributed by atoms with Crippen molar-refractivity contribution in [1.82, 2.24) is 9.97 Å². The van der Waals surface area contributed by atoms with Gasteiger partial charge in [-0.15, -0.1) is 0 Å². The van der Waals surface area contributed by atoms with Crippen molar-refractivity contribution in [2.75, 3.05) is 24.6 Å². The highest BCUT2D eigenvalue weighted by molar-refractivity contribution is 5.90. The van der Waals surface area contributed by atoms with Crippen molar-refractivity contribution in [1.29, 1.82) is 0 Å². The Bertz CT molecular complexity index is 462. The van der Waals surface area contributed by atoms with Crippen LogP contribution < -0.4 is 4.90 Å². The van der Waals surface area contributed by atoms with Gasteiger partial charge in [-0.1, -0.05) is 6.92 Å². The SMILES string of the molecule is CCOC(=O)c1cnc(N2CCC[C@H](C)C2)nc1C. The molecule has 0 N–H and O–H groups in total. The number of carbonyl (C=O) groups excluding carboxylic acids is 1. The van der Waals surface area contributed by atoms with Crippen LogP contribution in [0.15, 0.2) is 6.20 Å². The van der Waals surface area contributed by atoms with Crippen LogP contribution >= 0.6 is 0 Å². The van der Waals surface area contributed by atoms with E-state index in [0.717, 1.165) is 19.0 Å². The summed E-state index contributed by atoms with van der Waals surface area (Å²) in [6.07, 6.45) is 4.01. The van der Waals surface area contributed by atoms with Gasteiger partial charge in [-0.3, -0.25) is 0 Å². The maximum Gasteiger partial charge on any atom is 0.341 e. The highest BCUT2D eigenvalue weighted by Gasteiger charge is 2.20. The summed E-state index contributed by atoms with van der Waals surface area (Å²) in [6.45, 7) is 8.19. The first-order valence-electron chi connectivity index (χ1n) is 6.87. The van der Waals surface area contributed by atoms with E-state index in [-0.39, 0.29) is 5.97 Å². The first-order valence-corrected chi connectivity index (χ1v) is 6.87. The van der Waals surface area contributed by atoms with Crippen LogP contribution in [0, 0.1) is 12.8 Å². The number of hydrogen-bond acceptors (Lipinski definition) is 5. The number of piperidine rings is 1. The lowest BCUT2D eigenvalue weighted by molar-refractivity contribution is 0.0524. The molecule has 2 rings (SSSR count). The fourth-order valence-corrected chi connectivity index (χ4v) is 2.39. The zero-order valence-corrected chi connectivity index (χ0v) is 11.8. The number of hydrogen-bond donors (Lipinski definition) is 0. The maximum absolute atomic E-state index is 11.7. The Kier molecular flexibility index (Phi) is 4.35. The van der Waals surface area contributed by atoms with Gasteiger partial charge in [0, 0.05) is 19.3 Å². The van der Waals surface area contributed by atoms with Gasteiger partial charge < -0.3 is 9.64 Å². The minimum atomic E-state index is -0.349. The lowest BCUT2D eigenvalue weighted by atomic mass is 10.0. The number of anilines is 1. The molecule has 104 valence electrons. The summed E-state index contributed by atoms with van der Waals surface area (Å²) in [7, 11) is 0. The van der Waals surface area contributed by atoms with Crippen LogP contribution in [0.4, 0.5) is 5.95 Å². The third-order valence-electron chi connectivity index (χ3n) is 3.40. The quantitative estimate of drug-likeness (QED) is 0.782. The predicted octanol–water partition coefficient (Wildman–Crippen LogP) is 2.20. The Balaban J connectivity index is 2.16. The summed E-state index contributed by atoms with van der Waals surface area (Å²) in [6, 6.07) is 0. The maximum atomic E-state index is 11.7. The van der Waals surface area contributed by atoms with Gasteiger partial charge in [0.15, 0.2) is 0 Å². The Labute approximate surface area is 114 Å². The number of carbonyl (C=O) groups is 1. The standard InChI is InChI=1S/C14H21N3O2/c1-4-19-13(18)12-8-15-14(16-11(12)3)17-7-5-6-10(2)9-17/h8,10H,4-7,9H2,1-3H3/t10-/m0/s1. The fourth-order valence-electron chi connectivity index (χ4n) is 2.39. The van der Waals surface area contributed by atoms with Crippen molar-refractivity contribution >= 4 is 11.9 Å². The van der Waals surface area contributed by atoms with Crippen LogP contribution in [0.2, 0.25) is 0 Å². The zero-order chi connectivity index (χ0) is 13.8. The number of aryl methyl sites for hydroxylation is 1. The van der Waals surface area contributed by atoms with Gasteiger partial charge in [-0.25, -0.2) is 14.8 Å². The van der Waals surface area contributed by atoms with Crippen molar-refractivity contribution < 1.29 is 9.53 Å². The normalized spacial score (nSPS) is 19.3. The van der Waals surface area contributed by atoms with Crippen molar-refractivity contribution in [3.63, 3.8) is 0 Å². The Hall–Kier alpha value is -1.65. The molecule has 1 aromatic heterocycles. The summed E-state index contributed by atoms with van der Waals surface area (Å²) in [4.78, 5) is 22.6. The number of rotatable bonds is 3. The lowest BCUT2D eigenvalue weighted by Gasteiger charge is -2.31. The average molecular weight is 263 g/mol. The van der Waals surface area contributed by atoms with Crippen LogP contribution in [0.3, 0.4) is 0 Å². The molecule has 0 saturated carbocycles. The molecule has 0 bridgehead atoms. The third kappa shape index (κ3) is 3.22. The molecule has 2 heterocycles. The average Bonchev–Trinajstić information content (AvgIpc) is 2.38. The molecule has 19 heavy (non-hydrogen) atoms. The van der Waals surface area contributed by atoms with E-state index in [1.807, 2.05) is 6.92 Å². The molecule has 1 fully saturated rings. The Morgan fingerprint density at radius 3 is 3.00 bits per heavy atom. The molecule has 5 heteroatoms. The fraction of sp³-hybridized carbons (Fsp3) is 0.643. The van der Waals surface area contributed by atoms with Crippen LogP contribution in [0.1, 0.15) is 42.7 Å². The summed E-state index contributed by atoms with van der Waals surface area (Å²) in [5, 5.41) is 0. The minimum Gasteiger partial charge on any atom is -0.462 e. The Morgan fingerprint density at radius 2 is 2.37 bits per heavy atom. The van der Waals surface area contributed by atoms with Crippen molar-refractivity contribution in [3.05, 3.63) is 17.5 Å². The second-order valence-electron chi connectivity index (χ2n) is 5.08. The molecule has 0 spiro atoms. The number of esters is 1. The summed E-state index contributed by atoms with van der Waals surface area (Å²) in [5.41, 5.74) is 1.14. The predicted molar refractivity (Wildman–Crippen MR) is 73.3 cm³/mol. The highest BCUT2D eigenvalue weighted by atomic mass is 16.5. The molecular formula is C14H21N3O2.